The van der Waals surface area contributed by atoms with E-state index in [2.05, 4.69) is 10.6 Å². The lowest BCUT2D eigenvalue weighted by Crippen LogP contribution is -2.46. The van der Waals surface area contributed by atoms with Gasteiger partial charge in [-0.15, -0.1) is 11.3 Å². The maximum Gasteiger partial charge on any atom is 0.325 e. The van der Waals surface area contributed by atoms with Crippen molar-refractivity contribution in [3.05, 3.63) is 56.7 Å². The summed E-state index contributed by atoms with van der Waals surface area (Å²) in [6.07, 6.45) is 2.31. The fourth-order valence-electron chi connectivity index (χ4n) is 3.69. The highest BCUT2D eigenvalue weighted by molar-refractivity contribution is 7.10. The van der Waals surface area contributed by atoms with Gasteiger partial charge in [-0.05, 0) is 48.4 Å². The molecule has 2 aromatic rings. The maximum absolute atomic E-state index is 13.1. The van der Waals surface area contributed by atoms with E-state index in [1.807, 2.05) is 23.6 Å². The molecule has 1 aromatic carbocycles. The summed E-state index contributed by atoms with van der Waals surface area (Å²) in [6, 6.07) is 8.50. The van der Waals surface area contributed by atoms with Crippen molar-refractivity contribution >= 4 is 40.8 Å². The Balaban J connectivity index is 1.44. The number of thiophene rings is 1. The Hall–Kier alpha value is -2.38. The van der Waals surface area contributed by atoms with Gasteiger partial charge in [-0.1, -0.05) is 23.7 Å². The lowest BCUT2D eigenvalue weighted by molar-refractivity contribution is -0.135. The van der Waals surface area contributed by atoms with Gasteiger partial charge in [-0.3, -0.25) is 14.5 Å². The van der Waals surface area contributed by atoms with Crippen LogP contribution in [0.2, 0.25) is 5.02 Å². The molecule has 1 atom stereocenters. The van der Waals surface area contributed by atoms with Crippen molar-refractivity contribution in [2.24, 2.45) is 0 Å². The number of nitrogens with one attached hydrogen (secondary N) is 2. The Bertz CT molecular complexity index is 911. The Labute approximate surface area is 165 Å². The standard InChI is InChI=1S/C19H18ClN3O3S/c20-13-5-3-12(4-6-13)10-21-16(24)11-23-17(25)19(22-18(23)26)8-1-2-15-14(19)7-9-27-15/h3-7,9H,1-2,8,10-11H2,(H,21,24)(H,22,26)/t19-/m0/s1. The van der Waals surface area contributed by atoms with Crippen LogP contribution >= 0.6 is 22.9 Å². The molecule has 4 rings (SSSR count). The number of halogens is 1. The molecule has 0 saturated carbocycles. The average molecular weight is 404 g/mol. The molecule has 1 spiro atoms. The summed E-state index contributed by atoms with van der Waals surface area (Å²) in [7, 11) is 0. The summed E-state index contributed by atoms with van der Waals surface area (Å²) in [5.74, 6) is -0.722. The topological polar surface area (TPSA) is 78.5 Å². The van der Waals surface area contributed by atoms with Gasteiger partial charge >= 0.3 is 6.03 Å². The van der Waals surface area contributed by atoms with Crippen LogP contribution in [0.5, 0.6) is 0 Å². The zero-order chi connectivity index (χ0) is 19.0. The summed E-state index contributed by atoms with van der Waals surface area (Å²) in [6.45, 7) is 0.0128. The van der Waals surface area contributed by atoms with Crippen molar-refractivity contribution in [2.75, 3.05) is 6.54 Å². The molecule has 6 nitrogen and oxygen atoms in total. The van der Waals surface area contributed by atoms with E-state index in [4.69, 9.17) is 11.6 Å². The Morgan fingerprint density at radius 1 is 1.26 bits per heavy atom. The van der Waals surface area contributed by atoms with Gasteiger partial charge in [0.15, 0.2) is 0 Å². The fraction of sp³-hybridized carbons (Fsp3) is 0.316. The van der Waals surface area contributed by atoms with Gasteiger partial charge in [-0.25, -0.2) is 4.79 Å². The van der Waals surface area contributed by atoms with Crippen LogP contribution in [0.1, 0.15) is 28.8 Å². The lowest BCUT2D eigenvalue weighted by atomic mass is 9.80. The predicted molar refractivity (Wildman–Crippen MR) is 102 cm³/mol. The number of benzene rings is 1. The van der Waals surface area contributed by atoms with E-state index in [1.165, 1.54) is 0 Å². The van der Waals surface area contributed by atoms with Gasteiger partial charge < -0.3 is 10.6 Å². The number of carbonyl (C=O) groups is 3. The number of amides is 4. The van der Waals surface area contributed by atoms with E-state index >= 15 is 0 Å². The normalized spacial score (nSPS) is 21.3. The van der Waals surface area contributed by atoms with Crippen LogP contribution in [0.25, 0.3) is 0 Å². The van der Waals surface area contributed by atoms with Crippen LogP contribution in [0.15, 0.2) is 35.7 Å². The van der Waals surface area contributed by atoms with E-state index in [1.54, 1.807) is 23.5 Å². The second-order valence-electron chi connectivity index (χ2n) is 6.74. The first kappa shape index (κ1) is 18.0. The Morgan fingerprint density at radius 3 is 2.81 bits per heavy atom. The van der Waals surface area contributed by atoms with Gasteiger partial charge in [0.25, 0.3) is 5.91 Å². The highest BCUT2D eigenvalue weighted by Gasteiger charge is 2.54. The van der Waals surface area contributed by atoms with Crippen LogP contribution in [0, 0.1) is 0 Å². The highest BCUT2D eigenvalue weighted by atomic mass is 35.5. The van der Waals surface area contributed by atoms with Gasteiger partial charge in [0, 0.05) is 22.0 Å². The molecular weight excluding hydrogens is 386 g/mol. The average Bonchev–Trinajstić information content (AvgIpc) is 3.22. The molecule has 1 saturated heterocycles. The molecule has 0 unspecified atom stereocenters. The predicted octanol–water partition coefficient (Wildman–Crippen LogP) is 2.80. The van der Waals surface area contributed by atoms with Crippen molar-refractivity contribution in [3.63, 3.8) is 0 Å². The Morgan fingerprint density at radius 2 is 2.04 bits per heavy atom. The number of nitrogens with zero attached hydrogens (tertiary/aromatic N) is 1. The molecule has 0 bridgehead atoms. The third-order valence-corrected chi connectivity index (χ3v) is 6.27. The molecule has 27 heavy (non-hydrogen) atoms. The monoisotopic (exact) mass is 403 g/mol. The summed E-state index contributed by atoms with van der Waals surface area (Å²) < 4.78 is 0. The third-order valence-electron chi connectivity index (χ3n) is 5.04. The van der Waals surface area contributed by atoms with E-state index in [-0.39, 0.29) is 18.4 Å². The summed E-state index contributed by atoms with van der Waals surface area (Å²) in [5.41, 5.74) is 0.749. The molecule has 1 aliphatic heterocycles. The zero-order valence-corrected chi connectivity index (χ0v) is 16.0. The summed E-state index contributed by atoms with van der Waals surface area (Å²) in [4.78, 5) is 39.9. The van der Waals surface area contributed by atoms with Crippen LogP contribution < -0.4 is 10.6 Å². The Kier molecular flexibility index (Phi) is 4.65. The molecule has 0 radical (unpaired) electrons. The largest absolute Gasteiger partial charge is 0.350 e. The first-order valence-corrected chi connectivity index (χ1v) is 9.97. The molecule has 1 aromatic heterocycles. The van der Waals surface area contributed by atoms with Gasteiger partial charge in [0.1, 0.15) is 12.1 Å². The van der Waals surface area contributed by atoms with Crippen LogP contribution in [-0.4, -0.2) is 29.3 Å². The van der Waals surface area contributed by atoms with Crippen molar-refractivity contribution in [3.8, 4) is 0 Å². The number of aryl methyl sites for hydroxylation is 1. The smallest absolute Gasteiger partial charge is 0.325 e. The number of rotatable bonds is 4. The molecule has 2 N–H and O–H groups in total. The second kappa shape index (κ2) is 6.98. The zero-order valence-electron chi connectivity index (χ0n) is 14.5. The third kappa shape index (κ3) is 3.21. The number of hydrogen-bond acceptors (Lipinski definition) is 4. The summed E-state index contributed by atoms with van der Waals surface area (Å²) in [5, 5.41) is 8.15. The van der Waals surface area contributed by atoms with Crippen molar-refractivity contribution < 1.29 is 14.4 Å². The first-order valence-electron chi connectivity index (χ1n) is 8.72. The minimum absolute atomic E-state index is 0.292. The molecule has 8 heteroatoms. The van der Waals surface area contributed by atoms with Crippen LogP contribution in [0.3, 0.4) is 0 Å². The number of carbonyl (C=O) groups excluding carboxylic acids is 3. The van der Waals surface area contributed by atoms with E-state index in [0.717, 1.165) is 33.7 Å². The highest BCUT2D eigenvalue weighted by Crippen LogP contribution is 2.41. The molecule has 2 heterocycles. The number of urea groups is 1. The molecule has 140 valence electrons. The lowest BCUT2D eigenvalue weighted by Gasteiger charge is -2.31. The van der Waals surface area contributed by atoms with Crippen molar-refractivity contribution in [2.45, 2.75) is 31.3 Å². The van der Waals surface area contributed by atoms with Crippen molar-refractivity contribution in [1.82, 2.24) is 15.5 Å². The van der Waals surface area contributed by atoms with E-state index in [0.29, 0.717) is 18.0 Å². The maximum atomic E-state index is 13.1. The molecule has 2 aliphatic rings. The SMILES string of the molecule is O=C(CN1C(=O)N[C@]2(CCCc3sccc32)C1=O)NCc1ccc(Cl)cc1. The second-order valence-corrected chi connectivity index (χ2v) is 8.18. The van der Waals surface area contributed by atoms with E-state index < -0.39 is 11.6 Å². The van der Waals surface area contributed by atoms with Gasteiger partial charge in [0.2, 0.25) is 5.91 Å². The molecule has 4 amide bonds. The quantitative estimate of drug-likeness (QED) is 0.770. The van der Waals surface area contributed by atoms with Gasteiger partial charge in [-0.2, -0.15) is 0 Å². The molecule has 1 fully saturated rings. The minimum Gasteiger partial charge on any atom is -0.350 e. The van der Waals surface area contributed by atoms with E-state index in [9.17, 15) is 14.4 Å². The molecule has 1 aliphatic carbocycles. The van der Waals surface area contributed by atoms with Crippen molar-refractivity contribution in [1.29, 1.82) is 0 Å². The summed E-state index contributed by atoms with van der Waals surface area (Å²) >= 11 is 7.44. The fourth-order valence-corrected chi connectivity index (χ4v) is 4.81. The number of hydrogen-bond donors (Lipinski definition) is 2. The van der Waals surface area contributed by atoms with Crippen LogP contribution in [0.4, 0.5) is 4.79 Å². The van der Waals surface area contributed by atoms with Gasteiger partial charge in [0.05, 0.1) is 0 Å². The number of imide groups is 1. The molecular formula is C19H18ClN3O3S. The van der Waals surface area contributed by atoms with Crippen LogP contribution in [-0.2, 0) is 28.1 Å². The minimum atomic E-state index is -1.01. The first-order chi connectivity index (χ1) is 13.0. The number of fused-ring (bicyclic) bond motifs is 2.